The van der Waals surface area contributed by atoms with Crippen LogP contribution >= 0.6 is 24.0 Å². The van der Waals surface area contributed by atoms with E-state index in [2.05, 4.69) is 11.4 Å². The minimum Gasteiger partial charge on any atom is -0.373 e. The van der Waals surface area contributed by atoms with Crippen LogP contribution in [0.5, 0.6) is 0 Å². The molecule has 1 aliphatic heterocycles. The van der Waals surface area contributed by atoms with Crippen LogP contribution in [0.25, 0.3) is 0 Å². The molecule has 0 bridgehead atoms. The molecule has 1 N–H and O–H groups in total. The molecular formula is C12H17Cl2NO. The molecule has 0 saturated carbocycles. The monoisotopic (exact) mass is 261 g/mol. The minimum atomic E-state index is -0.191. The van der Waals surface area contributed by atoms with Gasteiger partial charge in [-0.3, -0.25) is 0 Å². The molecule has 0 aliphatic carbocycles. The highest BCUT2D eigenvalue weighted by Gasteiger charge is 2.35. The normalized spacial score (nSPS) is 18.9. The highest BCUT2D eigenvalue weighted by Crippen LogP contribution is 2.37. The molecule has 0 unspecified atom stereocenters. The fourth-order valence-corrected chi connectivity index (χ4v) is 2.55. The van der Waals surface area contributed by atoms with Crippen LogP contribution in [-0.4, -0.2) is 20.2 Å². The Hall–Kier alpha value is -0.280. The number of benzene rings is 1. The number of hydrogen-bond donors (Lipinski definition) is 1. The number of ether oxygens (including phenoxy) is 1. The van der Waals surface area contributed by atoms with Gasteiger partial charge in [0.05, 0.1) is 5.60 Å². The highest BCUT2D eigenvalue weighted by atomic mass is 35.5. The predicted octanol–water partition coefficient (Wildman–Crippen LogP) is 2.99. The molecular weight excluding hydrogens is 245 g/mol. The van der Waals surface area contributed by atoms with Crippen molar-refractivity contribution >= 4 is 24.0 Å². The van der Waals surface area contributed by atoms with E-state index in [0.29, 0.717) is 0 Å². The summed E-state index contributed by atoms with van der Waals surface area (Å²) in [5.74, 6) is 0. The maximum Gasteiger partial charge on any atom is 0.0966 e. The SMILES string of the molecule is COC1(c2ccccc2Cl)CCNCC1.Cl. The number of piperidine rings is 1. The standard InChI is InChI=1S/C12H16ClNO.ClH/c1-15-12(6-8-14-9-7-12)10-4-2-3-5-11(10)13;/h2-5,14H,6-9H2,1H3;1H. The third kappa shape index (κ3) is 2.51. The van der Waals surface area contributed by atoms with Gasteiger partial charge in [-0.05, 0) is 32.0 Å². The molecule has 1 aliphatic rings. The average molecular weight is 262 g/mol. The van der Waals surface area contributed by atoms with E-state index in [4.69, 9.17) is 16.3 Å². The number of halogens is 2. The first-order valence-electron chi connectivity index (χ1n) is 5.29. The molecule has 2 rings (SSSR count). The fraction of sp³-hybridized carbons (Fsp3) is 0.500. The van der Waals surface area contributed by atoms with Crippen LogP contribution in [0.4, 0.5) is 0 Å². The van der Waals surface area contributed by atoms with Gasteiger partial charge >= 0.3 is 0 Å². The molecule has 16 heavy (non-hydrogen) atoms. The van der Waals surface area contributed by atoms with Gasteiger partial charge < -0.3 is 10.1 Å². The third-order valence-corrected chi connectivity index (χ3v) is 3.50. The van der Waals surface area contributed by atoms with E-state index in [1.165, 1.54) is 0 Å². The lowest BCUT2D eigenvalue weighted by Gasteiger charge is -2.37. The van der Waals surface area contributed by atoms with Gasteiger partial charge in [-0.1, -0.05) is 29.8 Å². The van der Waals surface area contributed by atoms with Gasteiger partial charge in [0.1, 0.15) is 0 Å². The molecule has 1 fully saturated rings. The predicted molar refractivity (Wildman–Crippen MR) is 69.5 cm³/mol. The first-order chi connectivity index (χ1) is 7.28. The van der Waals surface area contributed by atoms with Crippen LogP contribution in [0.1, 0.15) is 18.4 Å². The third-order valence-electron chi connectivity index (χ3n) is 3.17. The number of nitrogens with one attached hydrogen (secondary N) is 1. The first kappa shape index (κ1) is 13.8. The van der Waals surface area contributed by atoms with E-state index in [0.717, 1.165) is 36.5 Å². The lowest BCUT2D eigenvalue weighted by molar-refractivity contribution is -0.0390. The summed E-state index contributed by atoms with van der Waals surface area (Å²) in [5, 5.41) is 4.15. The van der Waals surface area contributed by atoms with Crippen molar-refractivity contribution in [3.63, 3.8) is 0 Å². The smallest absolute Gasteiger partial charge is 0.0966 e. The minimum absolute atomic E-state index is 0. The van der Waals surface area contributed by atoms with Crippen molar-refractivity contribution in [1.29, 1.82) is 0 Å². The number of rotatable bonds is 2. The van der Waals surface area contributed by atoms with Crippen molar-refractivity contribution in [1.82, 2.24) is 5.32 Å². The fourth-order valence-electron chi connectivity index (χ4n) is 2.24. The van der Waals surface area contributed by atoms with Crippen LogP contribution in [0.3, 0.4) is 0 Å². The quantitative estimate of drug-likeness (QED) is 0.884. The molecule has 1 aromatic rings. The summed E-state index contributed by atoms with van der Waals surface area (Å²) >= 11 is 6.23. The van der Waals surface area contributed by atoms with Crippen molar-refractivity contribution in [2.45, 2.75) is 18.4 Å². The largest absolute Gasteiger partial charge is 0.373 e. The van der Waals surface area contributed by atoms with Gasteiger partial charge in [0, 0.05) is 17.7 Å². The summed E-state index contributed by atoms with van der Waals surface area (Å²) in [6.45, 7) is 1.97. The van der Waals surface area contributed by atoms with Crippen LogP contribution < -0.4 is 5.32 Å². The average Bonchev–Trinajstić information content (AvgIpc) is 2.30. The maximum atomic E-state index is 6.23. The van der Waals surface area contributed by atoms with Crippen molar-refractivity contribution in [3.8, 4) is 0 Å². The van der Waals surface area contributed by atoms with Crippen molar-refractivity contribution < 1.29 is 4.74 Å². The molecule has 1 heterocycles. The van der Waals surface area contributed by atoms with Crippen LogP contribution in [0.2, 0.25) is 5.02 Å². The summed E-state index contributed by atoms with van der Waals surface area (Å²) in [6.07, 6.45) is 1.96. The van der Waals surface area contributed by atoms with Crippen molar-refractivity contribution in [2.75, 3.05) is 20.2 Å². The van der Waals surface area contributed by atoms with E-state index < -0.39 is 0 Å². The van der Waals surface area contributed by atoms with E-state index in [1.807, 2.05) is 18.2 Å². The Morgan fingerprint density at radius 3 is 2.44 bits per heavy atom. The number of methoxy groups -OCH3 is 1. The van der Waals surface area contributed by atoms with E-state index in [1.54, 1.807) is 7.11 Å². The molecule has 0 spiro atoms. The number of hydrogen-bond acceptors (Lipinski definition) is 2. The first-order valence-corrected chi connectivity index (χ1v) is 5.67. The second-order valence-electron chi connectivity index (χ2n) is 3.93. The van der Waals surface area contributed by atoms with Crippen molar-refractivity contribution in [2.24, 2.45) is 0 Å². The molecule has 0 atom stereocenters. The molecule has 1 saturated heterocycles. The molecule has 0 radical (unpaired) electrons. The van der Waals surface area contributed by atoms with Gasteiger partial charge in [-0.2, -0.15) is 0 Å². The van der Waals surface area contributed by atoms with Gasteiger partial charge in [-0.15, -0.1) is 12.4 Å². The van der Waals surface area contributed by atoms with E-state index in [-0.39, 0.29) is 18.0 Å². The maximum absolute atomic E-state index is 6.23. The van der Waals surface area contributed by atoms with Crippen molar-refractivity contribution in [3.05, 3.63) is 34.9 Å². The zero-order valence-electron chi connectivity index (χ0n) is 9.33. The Kier molecular flexibility index (Phi) is 5.06. The van der Waals surface area contributed by atoms with Gasteiger partial charge in [0.15, 0.2) is 0 Å². The Morgan fingerprint density at radius 1 is 1.25 bits per heavy atom. The Bertz CT molecular complexity index is 338. The zero-order valence-corrected chi connectivity index (χ0v) is 10.9. The topological polar surface area (TPSA) is 21.3 Å². The molecule has 0 aromatic heterocycles. The van der Waals surface area contributed by atoms with Gasteiger partial charge in [0.25, 0.3) is 0 Å². The van der Waals surface area contributed by atoms with Gasteiger partial charge in [0.2, 0.25) is 0 Å². The summed E-state index contributed by atoms with van der Waals surface area (Å²) in [4.78, 5) is 0. The van der Waals surface area contributed by atoms with Crippen LogP contribution in [0, 0.1) is 0 Å². The second-order valence-corrected chi connectivity index (χ2v) is 4.34. The van der Waals surface area contributed by atoms with E-state index >= 15 is 0 Å². The van der Waals surface area contributed by atoms with Crippen LogP contribution in [0.15, 0.2) is 24.3 Å². The molecule has 4 heteroatoms. The summed E-state index contributed by atoms with van der Waals surface area (Å²) in [5.41, 5.74) is 0.930. The molecule has 1 aromatic carbocycles. The Morgan fingerprint density at radius 2 is 1.88 bits per heavy atom. The Balaban J connectivity index is 0.00000128. The lowest BCUT2D eigenvalue weighted by Crippen LogP contribution is -2.41. The summed E-state index contributed by atoms with van der Waals surface area (Å²) in [7, 11) is 1.77. The zero-order chi connectivity index (χ0) is 10.7. The van der Waals surface area contributed by atoms with E-state index in [9.17, 15) is 0 Å². The summed E-state index contributed by atoms with van der Waals surface area (Å²) < 4.78 is 5.72. The highest BCUT2D eigenvalue weighted by molar-refractivity contribution is 6.31. The van der Waals surface area contributed by atoms with Crippen LogP contribution in [-0.2, 0) is 10.3 Å². The molecule has 0 amide bonds. The summed E-state index contributed by atoms with van der Waals surface area (Å²) in [6, 6.07) is 7.97. The molecule has 2 nitrogen and oxygen atoms in total. The lowest BCUT2D eigenvalue weighted by atomic mass is 9.85. The molecule has 90 valence electrons. The Labute approximate surface area is 108 Å². The van der Waals surface area contributed by atoms with Gasteiger partial charge in [-0.25, -0.2) is 0 Å². The second kappa shape index (κ2) is 5.87.